The number of imidazole rings is 1. The molecule has 4 heteroatoms. The van der Waals surface area contributed by atoms with Crippen LogP contribution in [-0.4, -0.2) is 16.5 Å². The highest BCUT2D eigenvalue weighted by atomic mass is 16.5. The summed E-state index contributed by atoms with van der Waals surface area (Å²) in [6, 6.07) is 22.3. The van der Waals surface area contributed by atoms with Gasteiger partial charge < -0.3 is 10.1 Å². The summed E-state index contributed by atoms with van der Waals surface area (Å²) >= 11 is 0. The number of aryl methyl sites for hydroxylation is 1. The van der Waals surface area contributed by atoms with Crippen molar-refractivity contribution in [3.05, 3.63) is 78.5 Å². The number of aromatic nitrogens is 2. The lowest BCUT2D eigenvalue weighted by Gasteiger charge is -2.10. The lowest BCUT2D eigenvalue weighted by Crippen LogP contribution is -1.97. The number of fused-ring (bicyclic) bond motifs is 1. The molecule has 0 aliphatic rings. The van der Waals surface area contributed by atoms with E-state index in [0.717, 1.165) is 34.2 Å². The number of benzene rings is 2. The van der Waals surface area contributed by atoms with Crippen molar-refractivity contribution in [2.24, 2.45) is 0 Å². The van der Waals surface area contributed by atoms with Gasteiger partial charge in [0.15, 0.2) is 0 Å². The number of hydrogen-bond donors (Lipinski definition) is 1. The summed E-state index contributed by atoms with van der Waals surface area (Å²) in [5.74, 6) is 1.75. The highest BCUT2D eigenvalue weighted by Gasteiger charge is 2.14. The van der Waals surface area contributed by atoms with Crippen LogP contribution in [0.5, 0.6) is 5.75 Å². The highest BCUT2D eigenvalue weighted by molar-refractivity contribution is 5.80. The minimum absolute atomic E-state index is 0.816. The molecule has 2 aromatic carbocycles. The molecule has 0 fully saturated rings. The Balaban J connectivity index is 1.87. The van der Waals surface area contributed by atoms with Crippen LogP contribution in [0.25, 0.3) is 16.9 Å². The molecule has 0 saturated heterocycles. The molecule has 4 rings (SSSR count). The summed E-state index contributed by atoms with van der Waals surface area (Å²) in [4.78, 5) is 4.82. The second kappa shape index (κ2) is 6.32. The lowest BCUT2D eigenvalue weighted by molar-refractivity contribution is 0.415. The van der Waals surface area contributed by atoms with Gasteiger partial charge in [-0.3, -0.25) is 4.40 Å². The van der Waals surface area contributed by atoms with Gasteiger partial charge in [0.2, 0.25) is 0 Å². The molecule has 0 unspecified atom stereocenters. The van der Waals surface area contributed by atoms with E-state index in [2.05, 4.69) is 40.9 Å². The Hall–Kier alpha value is -3.27. The van der Waals surface area contributed by atoms with Crippen molar-refractivity contribution >= 4 is 17.2 Å². The smallest absolute Gasteiger partial charge is 0.143 e. The van der Waals surface area contributed by atoms with Crippen LogP contribution in [0, 0.1) is 6.92 Å². The first-order valence-electron chi connectivity index (χ1n) is 8.20. The fraction of sp³-hybridized carbons (Fsp3) is 0.0952. The molecule has 0 aliphatic heterocycles. The Morgan fingerprint density at radius 1 is 0.960 bits per heavy atom. The van der Waals surface area contributed by atoms with E-state index in [4.69, 9.17) is 9.72 Å². The number of ether oxygens (including phenoxy) is 1. The Morgan fingerprint density at radius 3 is 2.60 bits per heavy atom. The summed E-state index contributed by atoms with van der Waals surface area (Å²) in [5, 5.41) is 3.52. The van der Waals surface area contributed by atoms with Crippen molar-refractivity contribution in [1.82, 2.24) is 9.38 Å². The molecule has 124 valence electrons. The molecule has 0 spiro atoms. The number of methoxy groups -OCH3 is 1. The van der Waals surface area contributed by atoms with Gasteiger partial charge in [-0.2, -0.15) is 0 Å². The van der Waals surface area contributed by atoms with Crippen LogP contribution in [0.3, 0.4) is 0 Å². The number of pyridine rings is 1. The lowest BCUT2D eigenvalue weighted by atomic mass is 10.1. The van der Waals surface area contributed by atoms with E-state index in [1.807, 2.05) is 48.7 Å². The third-order valence-electron chi connectivity index (χ3n) is 4.19. The Kier molecular flexibility index (Phi) is 3.86. The largest absolute Gasteiger partial charge is 0.497 e. The van der Waals surface area contributed by atoms with Crippen molar-refractivity contribution in [1.29, 1.82) is 0 Å². The van der Waals surface area contributed by atoms with Gasteiger partial charge in [0, 0.05) is 17.4 Å². The fourth-order valence-corrected chi connectivity index (χ4v) is 2.86. The van der Waals surface area contributed by atoms with Crippen LogP contribution in [-0.2, 0) is 0 Å². The Bertz CT molecular complexity index is 1020. The van der Waals surface area contributed by atoms with Gasteiger partial charge in [0.05, 0.1) is 7.11 Å². The average molecular weight is 329 g/mol. The molecule has 2 heterocycles. The van der Waals surface area contributed by atoms with Crippen LogP contribution in [0.1, 0.15) is 5.56 Å². The number of anilines is 2. The normalized spacial score (nSPS) is 10.8. The van der Waals surface area contributed by atoms with Gasteiger partial charge in [-0.25, -0.2) is 4.98 Å². The number of hydrogen-bond acceptors (Lipinski definition) is 3. The minimum Gasteiger partial charge on any atom is -0.497 e. The van der Waals surface area contributed by atoms with Crippen LogP contribution < -0.4 is 10.1 Å². The number of nitrogens with one attached hydrogen (secondary N) is 1. The second-order valence-electron chi connectivity index (χ2n) is 5.96. The molecule has 0 amide bonds. The maximum Gasteiger partial charge on any atom is 0.143 e. The van der Waals surface area contributed by atoms with Crippen molar-refractivity contribution in [3.8, 4) is 17.0 Å². The van der Waals surface area contributed by atoms with Crippen molar-refractivity contribution in [2.75, 3.05) is 12.4 Å². The molecule has 0 atom stereocenters. The number of nitrogens with zero attached hydrogens (tertiary/aromatic N) is 2. The predicted octanol–water partition coefficient (Wildman–Crippen LogP) is 5.06. The number of rotatable bonds is 4. The summed E-state index contributed by atoms with van der Waals surface area (Å²) in [7, 11) is 1.67. The molecular weight excluding hydrogens is 310 g/mol. The van der Waals surface area contributed by atoms with Crippen molar-refractivity contribution in [3.63, 3.8) is 0 Å². The van der Waals surface area contributed by atoms with Crippen LogP contribution >= 0.6 is 0 Å². The molecule has 0 aliphatic carbocycles. The van der Waals surface area contributed by atoms with E-state index in [1.165, 1.54) is 5.56 Å². The van der Waals surface area contributed by atoms with E-state index < -0.39 is 0 Å². The molecule has 0 bridgehead atoms. The zero-order valence-corrected chi connectivity index (χ0v) is 14.2. The molecule has 4 aromatic rings. The summed E-state index contributed by atoms with van der Waals surface area (Å²) in [5.41, 5.74) is 5.07. The molecule has 0 radical (unpaired) electrons. The maximum atomic E-state index is 5.37. The molecule has 0 saturated carbocycles. The first-order valence-corrected chi connectivity index (χ1v) is 8.20. The minimum atomic E-state index is 0.816. The zero-order valence-electron chi connectivity index (χ0n) is 14.2. The summed E-state index contributed by atoms with van der Waals surface area (Å²) in [6.07, 6.45) is 2.02. The molecular formula is C21H19N3O. The Morgan fingerprint density at radius 2 is 1.80 bits per heavy atom. The van der Waals surface area contributed by atoms with Gasteiger partial charge in [0.25, 0.3) is 0 Å². The topological polar surface area (TPSA) is 38.6 Å². The standard InChI is InChI=1S/C21H19N3O/c1-15-9-11-17(12-10-15)22-21-20(16-6-5-7-18(14-16)25-2)23-19-8-3-4-13-24(19)21/h3-14,22H,1-2H3. The van der Waals surface area contributed by atoms with Crippen molar-refractivity contribution in [2.45, 2.75) is 6.92 Å². The third kappa shape index (κ3) is 2.94. The van der Waals surface area contributed by atoms with E-state index in [1.54, 1.807) is 7.11 Å². The van der Waals surface area contributed by atoms with Gasteiger partial charge in [-0.05, 0) is 43.3 Å². The van der Waals surface area contributed by atoms with Crippen LogP contribution in [0.15, 0.2) is 72.9 Å². The average Bonchev–Trinajstić information content (AvgIpc) is 3.02. The zero-order chi connectivity index (χ0) is 17.2. The summed E-state index contributed by atoms with van der Waals surface area (Å²) < 4.78 is 7.43. The van der Waals surface area contributed by atoms with Crippen molar-refractivity contribution < 1.29 is 4.74 Å². The molecule has 4 nitrogen and oxygen atoms in total. The molecule has 2 aromatic heterocycles. The third-order valence-corrected chi connectivity index (χ3v) is 4.19. The molecule has 25 heavy (non-hydrogen) atoms. The maximum absolute atomic E-state index is 5.37. The fourth-order valence-electron chi connectivity index (χ4n) is 2.86. The monoisotopic (exact) mass is 329 g/mol. The predicted molar refractivity (Wildman–Crippen MR) is 102 cm³/mol. The highest BCUT2D eigenvalue weighted by Crippen LogP contribution is 2.32. The Labute approximate surface area is 146 Å². The van der Waals surface area contributed by atoms with E-state index in [0.29, 0.717) is 0 Å². The molecule has 1 N–H and O–H groups in total. The van der Waals surface area contributed by atoms with E-state index >= 15 is 0 Å². The van der Waals surface area contributed by atoms with Gasteiger partial charge >= 0.3 is 0 Å². The van der Waals surface area contributed by atoms with Crippen LogP contribution in [0.4, 0.5) is 11.5 Å². The van der Waals surface area contributed by atoms with Gasteiger partial charge in [-0.15, -0.1) is 0 Å². The quantitative estimate of drug-likeness (QED) is 0.568. The van der Waals surface area contributed by atoms with Gasteiger partial charge in [-0.1, -0.05) is 35.9 Å². The van der Waals surface area contributed by atoms with Gasteiger partial charge in [0.1, 0.15) is 22.9 Å². The SMILES string of the molecule is COc1cccc(-c2nc3ccccn3c2Nc2ccc(C)cc2)c1. The first-order chi connectivity index (χ1) is 12.2. The van der Waals surface area contributed by atoms with E-state index in [9.17, 15) is 0 Å². The summed E-state index contributed by atoms with van der Waals surface area (Å²) in [6.45, 7) is 2.08. The van der Waals surface area contributed by atoms with E-state index in [-0.39, 0.29) is 0 Å². The van der Waals surface area contributed by atoms with Crippen LogP contribution in [0.2, 0.25) is 0 Å². The second-order valence-corrected chi connectivity index (χ2v) is 5.96. The first kappa shape index (κ1) is 15.3.